The van der Waals surface area contributed by atoms with Crippen LogP contribution in [0, 0.1) is 12.7 Å². The van der Waals surface area contributed by atoms with Crippen LogP contribution in [0.3, 0.4) is 0 Å². The molecule has 116 valence electrons. The third-order valence-electron chi connectivity index (χ3n) is 2.77. The van der Waals surface area contributed by atoms with Crippen LogP contribution in [0.4, 0.5) is 15.9 Å². The minimum Gasteiger partial charge on any atom is -0.457 e. The molecule has 0 saturated heterocycles. The van der Waals surface area contributed by atoms with Crippen molar-refractivity contribution in [3.8, 4) is 6.01 Å². The molecule has 0 spiro atoms. The lowest BCUT2D eigenvalue weighted by atomic mass is 10.2. The van der Waals surface area contributed by atoms with Gasteiger partial charge in [0.1, 0.15) is 18.2 Å². The maximum Gasteiger partial charge on any atom is 0.318 e. The van der Waals surface area contributed by atoms with Gasteiger partial charge in [0.15, 0.2) is 0 Å². The normalized spacial score (nSPS) is 11.3. The van der Waals surface area contributed by atoms with E-state index >= 15 is 0 Å². The summed E-state index contributed by atoms with van der Waals surface area (Å²) in [4.78, 5) is 7.77. The van der Waals surface area contributed by atoms with E-state index in [2.05, 4.69) is 9.97 Å². The number of rotatable bonds is 5. The van der Waals surface area contributed by atoms with Crippen LogP contribution in [0.1, 0.15) is 5.56 Å². The highest BCUT2D eigenvalue weighted by atomic mass is 19.1. The summed E-state index contributed by atoms with van der Waals surface area (Å²) >= 11 is 0. The average molecular weight is 304 g/mol. The number of hydrogen-bond donors (Lipinski definition) is 3. The van der Waals surface area contributed by atoms with Gasteiger partial charge in [0.05, 0.1) is 11.4 Å². The molecule has 0 aliphatic carbocycles. The standard InChI is InChI=1S/C14H17FN6O/c1-9-6-11(2-3-12(9)15)21(18)7-10(16)8-22-14-19-5-4-13(17)20-14/h2-7H,8,16,18H2,1H3,(H2,17,19,20)/b10-7-. The van der Waals surface area contributed by atoms with Gasteiger partial charge in [-0.3, -0.25) is 5.01 Å². The van der Waals surface area contributed by atoms with Crippen LogP contribution in [0.2, 0.25) is 0 Å². The van der Waals surface area contributed by atoms with Gasteiger partial charge < -0.3 is 16.2 Å². The van der Waals surface area contributed by atoms with Crippen molar-refractivity contribution < 1.29 is 9.13 Å². The Hall–Kier alpha value is -2.87. The second-order valence-electron chi connectivity index (χ2n) is 4.60. The van der Waals surface area contributed by atoms with Crippen molar-refractivity contribution in [2.75, 3.05) is 17.3 Å². The van der Waals surface area contributed by atoms with Gasteiger partial charge in [-0.1, -0.05) is 0 Å². The first kappa shape index (κ1) is 15.5. The predicted molar refractivity (Wildman–Crippen MR) is 82.0 cm³/mol. The fraction of sp³-hybridized carbons (Fsp3) is 0.143. The number of nitrogen functional groups attached to an aromatic ring is 1. The molecule has 8 heteroatoms. The zero-order valence-electron chi connectivity index (χ0n) is 12.0. The van der Waals surface area contributed by atoms with E-state index in [4.69, 9.17) is 22.0 Å². The summed E-state index contributed by atoms with van der Waals surface area (Å²) in [7, 11) is 0. The summed E-state index contributed by atoms with van der Waals surface area (Å²) in [6, 6.07) is 6.17. The lowest BCUT2D eigenvalue weighted by Crippen LogP contribution is -2.27. The van der Waals surface area contributed by atoms with Gasteiger partial charge in [0, 0.05) is 12.4 Å². The highest BCUT2D eigenvalue weighted by Crippen LogP contribution is 2.16. The highest BCUT2D eigenvalue weighted by Gasteiger charge is 2.04. The molecular formula is C14H17FN6O. The molecule has 7 nitrogen and oxygen atoms in total. The van der Waals surface area contributed by atoms with E-state index in [0.29, 0.717) is 22.8 Å². The molecule has 6 N–H and O–H groups in total. The van der Waals surface area contributed by atoms with Gasteiger partial charge >= 0.3 is 6.01 Å². The van der Waals surface area contributed by atoms with Crippen molar-refractivity contribution in [2.24, 2.45) is 11.6 Å². The van der Waals surface area contributed by atoms with Gasteiger partial charge in [0.25, 0.3) is 0 Å². The molecule has 0 fully saturated rings. The van der Waals surface area contributed by atoms with E-state index < -0.39 is 0 Å². The van der Waals surface area contributed by atoms with E-state index in [9.17, 15) is 4.39 Å². The summed E-state index contributed by atoms with van der Waals surface area (Å²) in [6.07, 6.45) is 2.95. The summed E-state index contributed by atoms with van der Waals surface area (Å²) in [5, 5.41) is 1.28. The Balaban J connectivity index is 2.00. The average Bonchev–Trinajstić information content (AvgIpc) is 2.48. The number of aromatic nitrogens is 2. The fourth-order valence-corrected chi connectivity index (χ4v) is 1.65. The molecule has 2 aromatic rings. The van der Waals surface area contributed by atoms with Gasteiger partial charge in [-0.05, 0) is 36.8 Å². The second-order valence-corrected chi connectivity index (χ2v) is 4.60. The zero-order chi connectivity index (χ0) is 16.1. The molecule has 1 aromatic carbocycles. The van der Waals surface area contributed by atoms with E-state index in [0.717, 1.165) is 0 Å². The number of anilines is 2. The van der Waals surface area contributed by atoms with Crippen LogP contribution >= 0.6 is 0 Å². The van der Waals surface area contributed by atoms with E-state index in [-0.39, 0.29) is 18.4 Å². The fourth-order valence-electron chi connectivity index (χ4n) is 1.65. The Bertz CT molecular complexity index is 691. The van der Waals surface area contributed by atoms with Crippen molar-refractivity contribution in [1.29, 1.82) is 0 Å². The molecule has 22 heavy (non-hydrogen) atoms. The molecule has 2 rings (SSSR count). The van der Waals surface area contributed by atoms with Crippen LogP contribution in [0.25, 0.3) is 0 Å². The number of hydrogen-bond acceptors (Lipinski definition) is 7. The molecule has 0 aliphatic rings. The summed E-state index contributed by atoms with van der Waals surface area (Å²) in [5.41, 5.74) is 12.8. The van der Waals surface area contributed by atoms with E-state index in [1.807, 2.05) is 0 Å². The van der Waals surface area contributed by atoms with Crippen LogP contribution < -0.4 is 27.1 Å². The van der Waals surface area contributed by atoms with Gasteiger partial charge in [-0.2, -0.15) is 4.98 Å². The maximum absolute atomic E-state index is 13.2. The molecule has 0 amide bonds. The predicted octanol–water partition coefficient (Wildman–Crippen LogP) is 1.07. The Labute approximate surface area is 127 Å². The largest absolute Gasteiger partial charge is 0.457 e. The van der Waals surface area contributed by atoms with Crippen molar-refractivity contribution in [3.05, 3.63) is 53.7 Å². The lowest BCUT2D eigenvalue weighted by molar-refractivity contribution is 0.322. The third kappa shape index (κ3) is 4.06. The lowest BCUT2D eigenvalue weighted by Gasteiger charge is -2.16. The van der Waals surface area contributed by atoms with Crippen LogP contribution in [-0.2, 0) is 0 Å². The summed E-state index contributed by atoms with van der Waals surface area (Å²) < 4.78 is 18.5. The maximum atomic E-state index is 13.2. The number of aryl methyl sites for hydroxylation is 1. The molecule has 0 atom stereocenters. The first-order valence-corrected chi connectivity index (χ1v) is 6.43. The van der Waals surface area contributed by atoms with Gasteiger partial charge in [-0.15, -0.1) is 0 Å². The quantitative estimate of drug-likeness (QED) is 0.558. The molecule has 0 unspecified atom stereocenters. The molecule has 0 saturated carbocycles. The Morgan fingerprint density at radius 1 is 1.41 bits per heavy atom. The number of ether oxygens (including phenoxy) is 1. The van der Waals surface area contributed by atoms with Crippen LogP contribution in [-0.4, -0.2) is 16.6 Å². The zero-order valence-corrected chi connectivity index (χ0v) is 12.0. The number of nitrogens with zero attached hydrogens (tertiary/aromatic N) is 3. The first-order valence-electron chi connectivity index (χ1n) is 6.43. The number of hydrazine groups is 1. The van der Waals surface area contributed by atoms with Crippen molar-refractivity contribution in [1.82, 2.24) is 9.97 Å². The van der Waals surface area contributed by atoms with Crippen LogP contribution in [0.5, 0.6) is 6.01 Å². The monoisotopic (exact) mass is 304 g/mol. The van der Waals surface area contributed by atoms with E-state index in [1.165, 1.54) is 23.5 Å². The molecular weight excluding hydrogens is 287 g/mol. The Morgan fingerprint density at radius 2 is 2.18 bits per heavy atom. The molecule has 0 radical (unpaired) electrons. The third-order valence-corrected chi connectivity index (χ3v) is 2.77. The van der Waals surface area contributed by atoms with Crippen molar-refractivity contribution >= 4 is 11.5 Å². The molecule has 1 heterocycles. The SMILES string of the molecule is Cc1cc(N(N)/C=C(\N)COc2nccc(N)n2)ccc1F. The highest BCUT2D eigenvalue weighted by molar-refractivity contribution is 5.50. The number of nitrogens with two attached hydrogens (primary N) is 3. The molecule has 0 aliphatic heterocycles. The molecule has 0 bridgehead atoms. The van der Waals surface area contributed by atoms with E-state index in [1.54, 1.807) is 25.1 Å². The van der Waals surface area contributed by atoms with Crippen molar-refractivity contribution in [2.45, 2.75) is 6.92 Å². The van der Waals surface area contributed by atoms with Crippen molar-refractivity contribution in [3.63, 3.8) is 0 Å². The van der Waals surface area contributed by atoms with Crippen LogP contribution in [0.15, 0.2) is 42.4 Å². The van der Waals surface area contributed by atoms with Gasteiger partial charge in [0.2, 0.25) is 0 Å². The molecule has 1 aromatic heterocycles. The first-order chi connectivity index (χ1) is 10.5. The smallest absolute Gasteiger partial charge is 0.318 e. The summed E-state index contributed by atoms with van der Waals surface area (Å²) in [5.74, 6) is 5.86. The Morgan fingerprint density at radius 3 is 2.86 bits per heavy atom. The minimum atomic E-state index is -0.295. The number of halogens is 1. The Kier molecular flexibility index (Phi) is 4.74. The second kappa shape index (κ2) is 6.72. The minimum absolute atomic E-state index is 0.0390. The van der Waals surface area contributed by atoms with Gasteiger partial charge in [-0.25, -0.2) is 15.2 Å². The summed E-state index contributed by atoms with van der Waals surface area (Å²) in [6.45, 7) is 1.69. The number of benzene rings is 1. The topological polar surface area (TPSA) is 116 Å².